The van der Waals surface area contributed by atoms with Crippen molar-refractivity contribution in [2.45, 2.75) is 13.1 Å². The Morgan fingerprint density at radius 3 is 2.54 bits per heavy atom. The molecule has 0 radical (unpaired) electrons. The van der Waals surface area contributed by atoms with Crippen molar-refractivity contribution < 1.29 is 4.79 Å². The number of nitrogens with zero attached hydrogens (tertiary/aromatic N) is 4. The van der Waals surface area contributed by atoms with E-state index in [0.717, 1.165) is 11.1 Å². The summed E-state index contributed by atoms with van der Waals surface area (Å²) in [5, 5.41) is 12.2. The molecule has 0 aliphatic heterocycles. The summed E-state index contributed by atoms with van der Waals surface area (Å²) in [4.78, 5) is 12.6. The third-order valence-corrected chi connectivity index (χ3v) is 4.49. The highest BCUT2D eigenvalue weighted by Gasteiger charge is 2.09. The summed E-state index contributed by atoms with van der Waals surface area (Å²) in [7, 11) is 0. The van der Waals surface area contributed by atoms with Crippen LogP contribution in [-0.2, 0) is 13.1 Å². The lowest BCUT2D eigenvalue weighted by Gasteiger charge is -2.06. The Bertz CT molecular complexity index is 1070. The first-order chi connectivity index (χ1) is 13.7. The number of amides is 1. The molecule has 0 aliphatic carbocycles. The van der Waals surface area contributed by atoms with Gasteiger partial charge in [-0.05, 0) is 41.5 Å². The van der Waals surface area contributed by atoms with Crippen LogP contribution in [0.5, 0.6) is 0 Å². The zero-order valence-corrected chi connectivity index (χ0v) is 15.8. The van der Waals surface area contributed by atoms with Crippen LogP contribution in [0.4, 0.5) is 5.82 Å². The highest BCUT2D eigenvalue weighted by atomic mass is 35.5. The molecule has 0 saturated heterocycles. The molecule has 0 spiro atoms. The number of aromatic nitrogens is 4. The van der Waals surface area contributed by atoms with Gasteiger partial charge in [0.25, 0.3) is 5.91 Å². The number of hydrogen-bond acceptors (Lipinski definition) is 3. The summed E-state index contributed by atoms with van der Waals surface area (Å²) in [6, 6.07) is 18.7. The van der Waals surface area contributed by atoms with Gasteiger partial charge in [-0.15, -0.1) is 0 Å². The normalized spacial score (nSPS) is 10.8. The van der Waals surface area contributed by atoms with Gasteiger partial charge >= 0.3 is 0 Å². The van der Waals surface area contributed by atoms with Crippen molar-refractivity contribution in [1.82, 2.24) is 19.6 Å². The Labute approximate surface area is 167 Å². The number of halogens is 1. The predicted molar refractivity (Wildman–Crippen MR) is 109 cm³/mol. The first-order valence-corrected chi connectivity index (χ1v) is 9.19. The van der Waals surface area contributed by atoms with Crippen LogP contribution in [0.3, 0.4) is 0 Å². The van der Waals surface area contributed by atoms with E-state index in [0.29, 0.717) is 29.5 Å². The van der Waals surface area contributed by atoms with Crippen LogP contribution in [0.15, 0.2) is 79.3 Å². The van der Waals surface area contributed by atoms with Crippen molar-refractivity contribution in [3.63, 3.8) is 0 Å². The van der Waals surface area contributed by atoms with E-state index in [2.05, 4.69) is 15.5 Å². The van der Waals surface area contributed by atoms with Gasteiger partial charge in [-0.2, -0.15) is 10.2 Å². The second-order valence-electron chi connectivity index (χ2n) is 6.38. The average molecular weight is 392 g/mol. The standard InChI is InChI=1S/C21H18ClN5O/c22-19-7-5-16(6-8-19)14-27-12-9-20(25-27)24-21(28)18-4-1-3-17(13-18)15-26-11-2-10-23-26/h1-13H,14-15H2,(H,24,25,28). The summed E-state index contributed by atoms with van der Waals surface area (Å²) in [6.07, 6.45) is 5.45. The minimum absolute atomic E-state index is 0.195. The van der Waals surface area contributed by atoms with Crippen molar-refractivity contribution in [2.24, 2.45) is 0 Å². The summed E-state index contributed by atoms with van der Waals surface area (Å²) in [5.41, 5.74) is 2.67. The summed E-state index contributed by atoms with van der Waals surface area (Å²) in [5.74, 6) is 0.315. The van der Waals surface area contributed by atoms with Gasteiger partial charge in [0.15, 0.2) is 5.82 Å². The Morgan fingerprint density at radius 2 is 1.75 bits per heavy atom. The quantitative estimate of drug-likeness (QED) is 0.538. The lowest BCUT2D eigenvalue weighted by Crippen LogP contribution is -2.13. The number of nitrogens with one attached hydrogen (secondary N) is 1. The molecule has 6 nitrogen and oxygen atoms in total. The van der Waals surface area contributed by atoms with Gasteiger partial charge in [-0.25, -0.2) is 0 Å². The molecule has 0 bridgehead atoms. The highest BCUT2D eigenvalue weighted by molar-refractivity contribution is 6.30. The molecule has 2 aromatic heterocycles. The van der Waals surface area contributed by atoms with Crippen LogP contribution in [0.1, 0.15) is 21.5 Å². The third kappa shape index (κ3) is 4.47. The Balaban J connectivity index is 1.41. The van der Waals surface area contributed by atoms with E-state index in [1.165, 1.54) is 0 Å². The second-order valence-corrected chi connectivity index (χ2v) is 6.82. The van der Waals surface area contributed by atoms with Crippen molar-refractivity contribution in [2.75, 3.05) is 5.32 Å². The van der Waals surface area contributed by atoms with Crippen LogP contribution in [-0.4, -0.2) is 25.5 Å². The van der Waals surface area contributed by atoms with Crippen LogP contribution < -0.4 is 5.32 Å². The molecule has 140 valence electrons. The van der Waals surface area contributed by atoms with Crippen LogP contribution in [0, 0.1) is 0 Å². The van der Waals surface area contributed by atoms with Crippen LogP contribution >= 0.6 is 11.6 Å². The topological polar surface area (TPSA) is 64.7 Å². The SMILES string of the molecule is O=C(Nc1ccn(Cc2ccc(Cl)cc2)n1)c1cccc(Cn2cccn2)c1. The van der Waals surface area contributed by atoms with E-state index >= 15 is 0 Å². The number of hydrogen-bond donors (Lipinski definition) is 1. The highest BCUT2D eigenvalue weighted by Crippen LogP contribution is 2.13. The molecule has 2 heterocycles. The maximum absolute atomic E-state index is 12.6. The number of benzene rings is 2. The lowest BCUT2D eigenvalue weighted by molar-refractivity contribution is 0.102. The fourth-order valence-electron chi connectivity index (χ4n) is 2.87. The largest absolute Gasteiger partial charge is 0.305 e. The van der Waals surface area contributed by atoms with Crippen molar-refractivity contribution in [1.29, 1.82) is 0 Å². The van der Waals surface area contributed by atoms with Gasteiger partial charge in [0.05, 0.1) is 13.1 Å². The minimum Gasteiger partial charge on any atom is -0.305 e. The van der Waals surface area contributed by atoms with Gasteiger partial charge in [0.1, 0.15) is 0 Å². The molecular formula is C21H18ClN5O. The van der Waals surface area contributed by atoms with E-state index in [4.69, 9.17) is 11.6 Å². The monoisotopic (exact) mass is 391 g/mol. The average Bonchev–Trinajstić information content (AvgIpc) is 3.36. The van der Waals surface area contributed by atoms with E-state index in [-0.39, 0.29) is 5.91 Å². The summed E-state index contributed by atoms with van der Waals surface area (Å²) < 4.78 is 3.59. The number of carbonyl (C=O) groups excluding carboxylic acids is 1. The zero-order chi connectivity index (χ0) is 19.3. The second kappa shape index (κ2) is 8.10. The fourth-order valence-corrected chi connectivity index (χ4v) is 3.00. The van der Waals surface area contributed by atoms with E-state index in [1.807, 2.05) is 65.6 Å². The number of rotatable bonds is 6. The molecule has 0 saturated carbocycles. The lowest BCUT2D eigenvalue weighted by atomic mass is 10.1. The molecular weight excluding hydrogens is 374 g/mol. The molecule has 4 rings (SSSR count). The van der Waals surface area contributed by atoms with Crippen molar-refractivity contribution in [3.05, 3.63) is 101 Å². The molecule has 0 atom stereocenters. The predicted octanol–water partition coefficient (Wildman–Crippen LogP) is 4.08. The maximum Gasteiger partial charge on any atom is 0.256 e. The molecule has 2 aromatic carbocycles. The third-order valence-electron chi connectivity index (χ3n) is 4.23. The van der Waals surface area contributed by atoms with Gasteiger partial charge in [-0.1, -0.05) is 35.9 Å². The van der Waals surface area contributed by atoms with Crippen molar-refractivity contribution in [3.8, 4) is 0 Å². The van der Waals surface area contributed by atoms with Gasteiger partial charge in [0, 0.05) is 35.2 Å². The van der Waals surface area contributed by atoms with E-state index in [9.17, 15) is 4.79 Å². The maximum atomic E-state index is 12.6. The summed E-state index contributed by atoms with van der Waals surface area (Å²) in [6.45, 7) is 1.22. The van der Waals surface area contributed by atoms with E-state index in [1.54, 1.807) is 23.0 Å². The molecule has 0 aliphatic rings. The van der Waals surface area contributed by atoms with Gasteiger partial charge in [-0.3, -0.25) is 14.2 Å². The smallest absolute Gasteiger partial charge is 0.256 e. The molecule has 7 heteroatoms. The van der Waals surface area contributed by atoms with Gasteiger partial charge < -0.3 is 5.32 Å². The molecule has 0 unspecified atom stereocenters. The molecule has 28 heavy (non-hydrogen) atoms. The first kappa shape index (κ1) is 18.0. The Kier molecular flexibility index (Phi) is 5.21. The molecule has 1 amide bonds. The van der Waals surface area contributed by atoms with E-state index < -0.39 is 0 Å². The Hall–Kier alpha value is -3.38. The van der Waals surface area contributed by atoms with Crippen molar-refractivity contribution >= 4 is 23.3 Å². The Morgan fingerprint density at radius 1 is 0.929 bits per heavy atom. The minimum atomic E-state index is -0.195. The summed E-state index contributed by atoms with van der Waals surface area (Å²) >= 11 is 5.91. The zero-order valence-electron chi connectivity index (χ0n) is 15.0. The fraction of sp³-hybridized carbons (Fsp3) is 0.0952. The first-order valence-electron chi connectivity index (χ1n) is 8.81. The molecule has 0 fully saturated rings. The number of anilines is 1. The molecule has 4 aromatic rings. The van der Waals surface area contributed by atoms with Crippen LogP contribution in [0.25, 0.3) is 0 Å². The molecule has 1 N–H and O–H groups in total. The number of carbonyl (C=O) groups is 1. The van der Waals surface area contributed by atoms with Crippen LogP contribution in [0.2, 0.25) is 5.02 Å². The van der Waals surface area contributed by atoms with Gasteiger partial charge in [0.2, 0.25) is 0 Å².